The third-order valence-corrected chi connectivity index (χ3v) is 5.50. The predicted molar refractivity (Wildman–Crippen MR) is 96.8 cm³/mol. The van der Waals surface area contributed by atoms with Gasteiger partial charge >= 0.3 is 0 Å². The maximum absolute atomic E-state index is 11.7. The molecule has 1 N–H and O–H groups in total. The average Bonchev–Trinajstić information content (AvgIpc) is 2.93. The van der Waals surface area contributed by atoms with E-state index in [1.54, 1.807) is 6.08 Å². The molecule has 1 aliphatic heterocycles. The van der Waals surface area contributed by atoms with Crippen LogP contribution in [-0.4, -0.2) is 15.7 Å². The number of carbonyl (C=O) groups excluding carboxylic acids is 2. The first-order valence-corrected chi connectivity index (χ1v) is 8.68. The second-order valence-corrected chi connectivity index (χ2v) is 7.32. The molecule has 118 valence electrons. The minimum Gasteiger partial charge on any atom is -0.318 e. The Morgan fingerprint density at radius 3 is 2.52 bits per heavy atom. The Morgan fingerprint density at radius 2 is 1.91 bits per heavy atom. The van der Waals surface area contributed by atoms with Crippen LogP contribution in [-0.2, 0) is 4.79 Å². The van der Waals surface area contributed by atoms with Crippen LogP contribution >= 0.6 is 27.7 Å². The highest BCUT2D eigenvalue weighted by Crippen LogP contribution is 2.29. The van der Waals surface area contributed by atoms with Crippen LogP contribution in [0.15, 0.2) is 33.6 Å². The fraction of sp³-hybridized carbons (Fsp3) is 0.176. The van der Waals surface area contributed by atoms with Crippen LogP contribution < -0.4 is 5.32 Å². The maximum Gasteiger partial charge on any atom is 0.290 e. The number of rotatable bonds is 2. The fourth-order valence-electron chi connectivity index (χ4n) is 2.66. The third-order valence-electron chi connectivity index (χ3n) is 3.80. The topological polar surface area (TPSA) is 51.1 Å². The molecule has 0 unspecified atom stereocenters. The van der Waals surface area contributed by atoms with Crippen molar-refractivity contribution in [1.82, 2.24) is 9.88 Å². The minimum absolute atomic E-state index is 0.321. The van der Waals surface area contributed by atoms with Gasteiger partial charge in [-0.15, -0.1) is 0 Å². The number of thioether (sulfide) groups is 1. The molecule has 0 saturated carbocycles. The van der Waals surface area contributed by atoms with Gasteiger partial charge in [-0.2, -0.15) is 0 Å². The molecule has 0 radical (unpaired) electrons. The molecule has 0 atom stereocenters. The zero-order valence-corrected chi connectivity index (χ0v) is 15.3. The van der Waals surface area contributed by atoms with Gasteiger partial charge in [0.1, 0.15) is 0 Å². The molecule has 3 rings (SSSR count). The number of benzene rings is 1. The number of carbonyl (C=O) groups is 2. The molecular formula is C17H15BrN2O2S. The maximum atomic E-state index is 11.7. The van der Waals surface area contributed by atoms with Crippen LogP contribution in [0.3, 0.4) is 0 Å². The summed E-state index contributed by atoms with van der Waals surface area (Å²) in [5.74, 6) is -0.329. The van der Waals surface area contributed by atoms with Crippen molar-refractivity contribution in [3.8, 4) is 5.69 Å². The Hall–Kier alpha value is -1.79. The summed E-state index contributed by atoms with van der Waals surface area (Å²) in [6.07, 6.45) is 1.77. The Labute approximate surface area is 147 Å². The molecule has 0 aliphatic carbocycles. The molecule has 1 saturated heterocycles. The summed E-state index contributed by atoms with van der Waals surface area (Å²) in [6.45, 7) is 6.09. The second kappa shape index (κ2) is 6.02. The van der Waals surface area contributed by atoms with E-state index in [4.69, 9.17) is 0 Å². The number of hydrogen-bond donors (Lipinski definition) is 1. The summed E-state index contributed by atoms with van der Waals surface area (Å²) in [5, 5.41) is 1.96. The molecule has 2 amide bonds. The summed E-state index contributed by atoms with van der Waals surface area (Å²) >= 11 is 4.46. The highest BCUT2D eigenvalue weighted by atomic mass is 79.9. The van der Waals surface area contributed by atoms with Crippen molar-refractivity contribution >= 4 is 44.9 Å². The number of nitrogens with zero attached hydrogens (tertiary/aromatic N) is 1. The lowest BCUT2D eigenvalue weighted by atomic mass is 10.2. The molecule has 1 fully saturated rings. The molecule has 0 spiro atoms. The first-order valence-electron chi connectivity index (χ1n) is 7.07. The standard InChI is InChI=1S/C17H15BrN2O2S/c1-9-6-13(4-5-14(9)18)20-10(2)7-12(11(20)3)8-15-16(21)19-17(22)23-15/h4-8H,1-3H3,(H,19,21,22)/b15-8+. The molecule has 1 aliphatic rings. The molecule has 4 nitrogen and oxygen atoms in total. The van der Waals surface area contributed by atoms with Crippen LogP contribution in [0.25, 0.3) is 11.8 Å². The van der Waals surface area contributed by atoms with Gasteiger partial charge in [0, 0.05) is 21.5 Å². The van der Waals surface area contributed by atoms with Crippen molar-refractivity contribution in [1.29, 1.82) is 0 Å². The van der Waals surface area contributed by atoms with Gasteiger partial charge in [-0.1, -0.05) is 15.9 Å². The predicted octanol–water partition coefficient (Wildman–Crippen LogP) is 4.49. The summed E-state index contributed by atoms with van der Waals surface area (Å²) < 4.78 is 3.22. The lowest BCUT2D eigenvalue weighted by Gasteiger charge is -2.11. The quantitative estimate of drug-likeness (QED) is 0.768. The van der Waals surface area contributed by atoms with E-state index in [1.807, 2.05) is 26.0 Å². The number of imide groups is 1. The van der Waals surface area contributed by atoms with Gasteiger partial charge in [0.15, 0.2) is 0 Å². The number of aromatic nitrogens is 1. The molecule has 1 aromatic heterocycles. The normalized spacial score (nSPS) is 16.3. The van der Waals surface area contributed by atoms with Gasteiger partial charge in [-0.05, 0) is 74.0 Å². The summed E-state index contributed by atoms with van der Waals surface area (Å²) in [4.78, 5) is 23.4. The first kappa shape index (κ1) is 16.1. The highest BCUT2D eigenvalue weighted by molar-refractivity contribution is 9.10. The van der Waals surface area contributed by atoms with Crippen LogP contribution in [0.4, 0.5) is 4.79 Å². The number of hydrogen-bond acceptors (Lipinski definition) is 3. The van der Waals surface area contributed by atoms with Crippen molar-refractivity contribution in [2.24, 2.45) is 0 Å². The summed E-state index contributed by atoms with van der Waals surface area (Å²) in [5.41, 5.74) is 5.28. The Balaban J connectivity index is 2.06. The summed E-state index contributed by atoms with van der Waals surface area (Å²) in [7, 11) is 0. The Kier molecular flexibility index (Phi) is 4.21. The Morgan fingerprint density at radius 1 is 1.17 bits per heavy atom. The van der Waals surface area contributed by atoms with Crippen LogP contribution in [0, 0.1) is 20.8 Å². The first-order chi connectivity index (χ1) is 10.9. The van der Waals surface area contributed by atoms with E-state index in [0.717, 1.165) is 44.4 Å². The third kappa shape index (κ3) is 3.01. The number of amides is 2. The van der Waals surface area contributed by atoms with E-state index in [2.05, 4.69) is 44.9 Å². The van der Waals surface area contributed by atoms with Crippen LogP contribution in [0.2, 0.25) is 0 Å². The lowest BCUT2D eigenvalue weighted by Crippen LogP contribution is -2.17. The van der Waals surface area contributed by atoms with E-state index >= 15 is 0 Å². The Bertz CT molecular complexity index is 868. The van der Waals surface area contributed by atoms with Crippen molar-refractivity contribution in [3.05, 3.63) is 56.2 Å². The van der Waals surface area contributed by atoms with Gasteiger partial charge in [-0.3, -0.25) is 14.9 Å². The van der Waals surface area contributed by atoms with Crippen molar-refractivity contribution in [2.75, 3.05) is 0 Å². The summed E-state index contributed by atoms with van der Waals surface area (Å²) in [6, 6.07) is 8.22. The molecule has 0 bridgehead atoms. The largest absolute Gasteiger partial charge is 0.318 e. The SMILES string of the molecule is Cc1cc(-n2c(C)cc(/C=C3/SC(=O)NC3=O)c2C)ccc1Br. The van der Waals surface area contributed by atoms with E-state index in [1.165, 1.54) is 0 Å². The number of halogens is 1. The zero-order chi connectivity index (χ0) is 16.7. The van der Waals surface area contributed by atoms with Crippen molar-refractivity contribution < 1.29 is 9.59 Å². The van der Waals surface area contributed by atoms with E-state index in [9.17, 15) is 9.59 Å². The molecule has 23 heavy (non-hydrogen) atoms. The van der Waals surface area contributed by atoms with Gasteiger partial charge < -0.3 is 4.57 Å². The van der Waals surface area contributed by atoms with E-state index in [-0.39, 0.29) is 11.1 Å². The van der Waals surface area contributed by atoms with E-state index in [0.29, 0.717) is 4.91 Å². The number of aryl methyl sites for hydroxylation is 2. The second-order valence-electron chi connectivity index (χ2n) is 5.45. The zero-order valence-electron chi connectivity index (χ0n) is 12.9. The fourth-order valence-corrected chi connectivity index (χ4v) is 3.58. The molecule has 2 aromatic rings. The average molecular weight is 391 g/mol. The minimum atomic E-state index is -0.329. The van der Waals surface area contributed by atoms with Crippen molar-refractivity contribution in [3.63, 3.8) is 0 Å². The monoisotopic (exact) mass is 390 g/mol. The van der Waals surface area contributed by atoms with Gasteiger partial charge in [0.25, 0.3) is 11.1 Å². The van der Waals surface area contributed by atoms with Crippen molar-refractivity contribution in [2.45, 2.75) is 20.8 Å². The van der Waals surface area contributed by atoms with Crippen LogP contribution in [0.1, 0.15) is 22.5 Å². The van der Waals surface area contributed by atoms with Gasteiger partial charge in [0.2, 0.25) is 0 Å². The smallest absolute Gasteiger partial charge is 0.290 e. The van der Waals surface area contributed by atoms with Gasteiger partial charge in [-0.25, -0.2) is 0 Å². The molecular weight excluding hydrogens is 376 g/mol. The number of nitrogens with one attached hydrogen (secondary N) is 1. The highest BCUT2D eigenvalue weighted by Gasteiger charge is 2.25. The van der Waals surface area contributed by atoms with Crippen LogP contribution in [0.5, 0.6) is 0 Å². The van der Waals surface area contributed by atoms with Gasteiger partial charge in [0.05, 0.1) is 4.91 Å². The lowest BCUT2D eigenvalue weighted by molar-refractivity contribution is -0.115. The van der Waals surface area contributed by atoms with E-state index < -0.39 is 0 Å². The molecule has 2 heterocycles. The molecule has 1 aromatic carbocycles. The molecule has 6 heteroatoms.